The number of hydrogen-bond acceptors (Lipinski definition) is 18. The number of nitrogen functional groups attached to an aromatic ring is 2. The molecule has 27 heteroatoms. The Morgan fingerprint density at radius 2 is 1.75 bits per heavy atom. The molecular formula is C28H36IN9O15P2. The molecule has 9 atom stereocenters. The zero-order valence-electron chi connectivity index (χ0n) is 28.1. The number of benzene rings is 1. The predicted molar refractivity (Wildman–Crippen MR) is 194 cm³/mol. The SMILES string of the molecule is N[C@@H](Cc1cccc(I)c1)C(=O)O.Nc1ccn([C@H]2C[C@H](OP(=O)(O)OC[C@H]3O[C@@H](n4cnc5c(N)ncnc54)[C@H](O)[C@@H]3O)[C@@H](COP(=O)(O)O)O2)c(=O)n1. The second-order valence-electron chi connectivity index (χ2n) is 12.0. The number of aliphatic hydroxyl groups is 2. The molecule has 2 aliphatic heterocycles. The van der Waals surface area contributed by atoms with Crippen LogP contribution in [-0.2, 0) is 43.4 Å². The number of carboxylic acids is 1. The van der Waals surface area contributed by atoms with E-state index in [2.05, 4.69) is 47.1 Å². The maximum absolute atomic E-state index is 12.9. The molecule has 2 saturated heterocycles. The minimum Gasteiger partial charge on any atom is -0.480 e. The van der Waals surface area contributed by atoms with E-state index in [1.165, 1.54) is 29.5 Å². The van der Waals surface area contributed by atoms with Gasteiger partial charge in [-0.15, -0.1) is 0 Å². The number of halogens is 1. The van der Waals surface area contributed by atoms with Crippen LogP contribution in [0.15, 0.2) is 54.0 Å². The van der Waals surface area contributed by atoms with E-state index < -0.39 is 89.5 Å². The predicted octanol–water partition coefficient (Wildman–Crippen LogP) is -0.989. The highest BCUT2D eigenvalue weighted by atomic mass is 127. The van der Waals surface area contributed by atoms with Crippen LogP contribution in [-0.4, -0.2) is 115 Å². The van der Waals surface area contributed by atoms with Gasteiger partial charge in [0.15, 0.2) is 17.7 Å². The zero-order chi connectivity index (χ0) is 40.2. The number of ether oxygens (including phenoxy) is 2. The number of carboxylic acid groups (broad SMARTS) is 1. The summed E-state index contributed by atoms with van der Waals surface area (Å²) in [4.78, 5) is 66.8. The van der Waals surface area contributed by atoms with Crippen molar-refractivity contribution in [3.8, 4) is 0 Å². The van der Waals surface area contributed by atoms with Gasteiger partial charge in [0, 0.05) is 16.2 Å². The molecule has 0 bridgehead atoms. The van der Waals surface area contributed by atoms with Crippen LogP contribution in [0.4, 0.5) is 11.6 Å². The Bertz CT molecular complexity index is 2140. The first-order valence-corrected chi connectivity index (χ1v) is 20.0. The molecule has 0 amide bonds. The van der Waals surface area contributed by atoms with Gasteiger partial charge in [-0.25, -0.2) is 28.9 Å². The van der Waals surface area contributed by atoms with Crippen molar-refractivity contribution in [3.05, 3.63) is 68.8 Å². The number of phosphoric ester groups is 2. The number of carbonyl (C=O) groups is 1. The summed E-state index contributed by atoms with van der Waals surface area (Å²) in [5.41, 5.74) is 17.2. The highest BCUT2D eigenvalue weighted by Gasteiger charge is 2.47. The Labute approximate surface area is 323 Å². The smallest absolute Gasteiger partial charge is 0.472 e. The van der Waals surface area contributed by atoms with Gasteiger partial charge >= 0.3 is 27.3 Å². The number of aliphatic hydroxyl groups excluding tert-OH is 2. The number of aromatic nitrogens is 6. The zero-order valence-corrected chi connectivity index (χ0v) is 32.1. The molecule has 300 valence electrons. The van der Waals surface area contributed by atoms with Crippen molar-refractivity contribution in [2.24, 2.45) is 5.73 Å². The summed E-state index contributed by atoms with van der Waals surface area (Å²) in [6, 6.07) is 8.15. The number of aliphatic carboxylic acids is 1. The van der Waals surface area contributed by atoms with E-state index in [1.807, 2.05) is 24.3 Å². The number of phosphoric acid groups is 2. The molecule has 24 nitrogen and oxygen atoms in total. The third-order valence-electron chi connectivity index (χ3n) is 8.08. The van der Waals surface area contributed by atoms with Crippen LogP contribution in [0.3, 0.4) is 0 Å². The molecule has 12 N–H and O–H groups in total. The first kappa shape index (κ1) is 42.6. The van der Waals surface area contributed by atoms with E-state index in [0.29, 0.717) is 6.42 Å². The summed E-state index contributed by atoms with van der Waals surface area (Å²) in [6.45, 7) is -1.53. The van der Waals surface area contributed by atoms with E-state index in [-0.39, 0.29) is 29.2 Å². The van der Waals surface area contributed by atoms with Gasteiger partial charge in [0.25, 0.3) is 0 Å². The molecule has 0 saturated carbocycles. The molecule has 0 spiro atoms. The molecule has 1 unspecified atom stereocenters. The molecule has 6 rings (SSSR count). The third kappa shape index (κ3) is 11.1. The van der Waals surface area contributed by atoms with Gasteiger partial charge in [0.1, 0.15) is 60.5 Å². The third-order valence-corrected chi connectivity index (χ3v) is 10.2. The van der Waals surface area contributed by atoms with Gasteiger partial charge in [-0.1, -0.05) is 12.1 Å². The van der Waals surface area contributed by atoms with Crippen molar-refractivity contribution in [1.82, 2.24) is 29.1 Å². The summed E-state index contributed by atoms with van der Waals surface area (Å²) in [7, 11) is -9.96. The summed E-state index contributed by atoms with van der Waals surface area (Å²) in [5.74, 6) is -0.956. The Hall–Kier alpha value is -3.53. The van der Waals surface area contributed by atoms with E-state index in [1.54, 1.807) is 0 Å². The summed E-state index contributed by atoms with van der Waals surface area (Å²) in [5, 5.41) is 29.7. The maximum Gasteiger partial charge on any atom is 0.472 e. The molecule has 1 aromatic carbocycles. The topological polar surface area (TPSA) is 375 Å². The number of anilines is 2. The average Bonchev–Trinajstić information content (AvgIpc) is 3.78. The maximum atomic E-state index is 12.9. The van der Waals surface area contributed by atoms with Gasteiger partial charge in [-0.2, -0.15) is 4.98 Å². The van der Waals surface area contributed by atoms with Crippen molar-refractivity contribution < 1.29 is 67.0 Å². The Morgan fingerprint density at radius 3 is 2.42 bits per heavy atom. The van der Waals surface area contributed by atoms with Crippen LogP contribution in [0, 0.1) is 3.57 Å². The number of hydrogen-bond donors (Lipinski definition) is 9. The Morgan fingerprint density at radius 1 is 1.02 bits per heavy atom. The quantitative estimate of drug-likeness (QED) is 0.0574. The molecule has 2 fully saturated rings. The Kier molecular flexibility index (Phi) is 13.7. The molecule has 5 heterocycles. The van der Waals surface area contributed by atoms with Crippen molar-refractivity contribution in [2.45, 2.75) is 61.9 Å². The van der Waals surface area contributed by atoms with Crippen LogP contribution in [0.5, 0.6) is 0 Å². The fourth-order valence-corrected chi connectivity index (χ4v) is 7.38. The molecule has 55 heavy (non-hydrogen) atoms. The van der Waals surface area contributed by atoms with Crippen LogP contribution in [0.25, 0.3) is 11.2 Å². The molecule has 0 aliphatic carbocycles. The van der Waals surface area contributed by atoms with Gasteiger partial charge in [-0.3, -0.25) is 27.5 Å². The largest absolute Gasteiger partial charge is 0.480 e. The minimum absolute atomic E-state index is 0.0704. The van der Waals surface area contributed by atoms with E-state index in [0.717, 1.165) is 13.7 Å². The summed E-state index contributed by atoms with van der Waals surface area (Å²) < 4.78 is 53.4. The van der Waals surface area contributed by atoms with Gasteiger partial charge in [0.05, 0.1) is 19.5 Å². The van der Waals surface area contributed by atoms with Gasteiger partial charge in [0.2, 0.25) is 0 Å². The normalized spacial score (nSPS) is 25.6. The fraction of sp³-hybridized carbons (Fsp3) is 0.429. The van der Waals surface area contributed by atoms with Gasteiger partial charge in [-0.05, 0) is 52.8 Å². The highest BCUT2D eigenvalue weighted by molar-refractivity contribution is 14.1. The molecule has 4 aromatic rings. The number of nitrogens with two attached hydrogens (primary N) is 3. The second kappa shape index (κ2) is 17.7. The van der Waals surface area contributed by atoms with Crippen LogP contribution < -0.4 is 22.9 Å². The average molecular weight is 927 g/mol. The lowest BCUT2D eigenvalue weighted by Crippen LogP contribution is -2.34. The van der Waals surface area contributed by atoms with Gasteiger partial charge < -0.3 is 56.7 Å². The lowest BCUT2D eigenvalue weighted by molar-refractivity contribution is -0.138. The summed E-state index contributed by atoms with van der Waals surface area (Å²) >= 11 is 2.18. The van der Waals surface area contributed by atoms with Crippen LogP contribution in [0.2, 0.25) is 0 Å². The number of imidazole rings is 1. The molecule has 3 aromatic heterocycles. The van der Waals surface area contributed by atoms with E-state index in [9.17, 15) is 33.8 Å². The lowest BCUT2D eigenvalue weighted by atomic mass is 10.1. The first-order chi connectivity index (χ1) is 25.8. The second-order valence-corrected chi connectivity index (χ2v) is 15.9. The van der Waals surface area contributed by atoms with Crippen molar-refractivity contribution in [3.63, 3.8) is 0 Å². The molecule has 2 aliphatic rings. The lowest BCUT2D eigenvalue weighted by Gasteiger charge is -2.22. The molecule has 0 radical (unpaired) electrons. The van der Waals surface area contributed by atoms with E-state index >= 15 is 0 Å². The van der Waals surface area contributed by atoms with Crippen molar-refractivity contribution >= 4 is 67.0 Å². The summed E-state index contributed by atoms with van der Waals surface area (Å²) in [6.07, 6.45) is -5.74. The van der Waals surface area contributed by atoms with E-state index in [4.69, 9.17) is 50.6 Å². The standard InChI is InChI=1S/C19H26N8O13P2.C9H10INO2/c20-11-1-2-26(19(30)25-11)12-3-8(9(38-12)4-36-41(31,32)33)40-42(34,35)37-5-10-14(28)15(29)18(39-10)27-7-24-13-16(21)22-6-23-17(13)27;10-7-3-1-2-6(4-7)5-8(11)9(12)13/h1-2,6-10,12,14-15,18,28-29H,3-5H2,(H,34,35)(H2,20,25,30)(H2,21,22,23)(H2,31,32,33);1-4,8H,5,11H2,(H,12,13)/t8-,9+,10+,12+,14+,15+,18+;8-/m00/s1. The number of rotatable bonds is 13. The fourth-order valence-electron chi connectivity index (χ4n) is 5.48. The van der Waals surface area contributed by atoms with Crippen LogP contribution >= 0.6 is 38.2 Å². The molecular weight excluding hydrogens is 891 g/mol. The number of fused-ring (bicyclic) bond motifs is 1. The van der Waals surface area contributed by atoms with Crippen molar-refractivity contribution in [2.75, 3.05) is 24.7 Å². The monoisotopic (exact) mass is 927 g/mol. The van der Waals surface area contributed by atoms with Crippen LogP contribution in [0.1, 0.15) is 24.4 Å². The number of nitrogens with zero attached hydrogens (tertiary/aromatic N) is 6. The Balaban J connectivity index is 0.000000378. The van der Waals surface area contributed by atoms with Crippen molar-refractivity contribution in [1.29, 1.82) is 0 Å². The highest BCUT2D eigenvalue weighted by Crippen LogP contribution is 2.49. The first-order valence-electron chi connectivity index (χ1n) is 15.8. The minimum atomic E-state index is -4.99.